The quantitative estimate of drug-likeness (QED) is 0.392. The number of hydrogen-bond acceptors (Lipinski definition) is 8. The molecular formula is C15H23B2N5O6. The van der Waals surface area contributed by atoms with Gasteiger partial charge < -0.3 is 19.7 Å². The van der Waals surface area contributed by atoms with Crippen LogP contribution in [0.5, 0.6) is 0 Å². The number of amides is 1. The van der Waals surface area contributed by atoms with Gasteiger partial charge in [0.25, 0.3) is 5.56 Å². The Morgan fingerprint density at radius 1 is 1.50 bits per heavy atom. The Labute approximate surface area is 162 Å². The zero-order valence-corrected chi connectivity index (χ0v) is 16.3. The van der Waals surface area contributed by atoms with Crippen LogP contribution in [-0.2, 0) is 14.3 Å². The maximum absolute atomic E-state index is 12.3. The lowest BCUT2D eigenvalue weighted by Gasteiger charge is -2.27. The summed E-state index contributed by atoms with van der Waals surface area (Å²) in [6.07, 6.45) is -2.42. The minimum absolute atomic E-state index is 0.0236. The van der Waals surface area contributed by atoms with Crippen molar-refractivity contribution in [2.24, 2.45) is 5.92 Å². The Balaban J connectivity index is 2.04. The summed E-state index contributed by atoms with van der Waals surface area (Å²) in [7, 11) is 4.44. The van der Waals surface area contributed by atoms with E-state index >= 15 is 0 Å². The number of aliphatic hydroxyl groups excluding tert-OH is 1. The summed E-state index contributed by atoms with van der Waals surface area (Å²) in [5.74, 6) is -0.632. The summed E-state index contributed by atoms with van der Waals surface area (Å²) in [5, 5.41) is 22.0. The average molecular weight is 391 g/mol. The molecule has 3 rings (SSSR count). The zero-order valence-electron chi connectivity index (χ0n) is 16.3. The van der Waals surface area contributed by atoms with Crippen molar-refractivity contribution in [3.05, 3.63) is 16.7 Å². The molecule has 3 heterocycles. The Bertz CT molecular complexity index is 939. The van der Waals surface area contributed by atoms with Gasteiger partial charge in [-0.05, 0) is 0 Å². The lowest BCUT2D eigenvalue weighted by Crippen LogP contribution is -2.50. The van der Waals surface area contributed by atoms with Gasteiger partial charge in [-0.2, -0.15) is 4.98 Å². The number of ether oxygens (including phenoxy) is 2. The molecule has 4 atom stereocenters. The van der Waals surface area contributed by atoms with E-state index in [1.807, 2.05) is 0 Å². The van der Waals surface area contributed by atoms with Gasteiger partial charge >= 0.3 is 0 Å². The van der Waals surface area contributed by atoms with Crippen molar-refractivity contribution in [1.82, 2.24) is 19.5 Å². The number of nitrogens with one attached hydrogen (secondary N) is 2. The smallest absolute Gasteiger partial charge is 0.280 e. The predicted octanol–water partition coefficient (Wildman–Crippen LogP) is -3.10. The van der Waals surface area contributed by atoms with Crippen LogP contribution in [-0.4, -0.2) is 82.2 Å². The molecule has 1 aliphatic heterocycles. The molecule has 4 N–H and O–H groups in total. The second-order valence-corrected chi connectivity index (χ2v) is 7.67. The zero-order chi connectivity index (χ0) is 20.8. The molecule has 28 heavy (non-hydrogen) atoms. The molecule has 13 heteroatoms. The van der Waals surface area contributed by atoms with Gasteiger partial charge in [0.15, 0.2) is 17.4 Å². The van der Waals surface area contributed by atoms with E-state index in [1.54, 1.807) is 13.8 Å². The van der Waals surface area contributed by atoms with Gasteiger partial charge in [-0.1, -0.05) is 13.8 Å². The fourth-order valence-corrected chi connectivity index (χ4v) is 3.15. The summed E-state index contributed by atoms with van der Waals surface area (Å²) >= 11 is 0. The topological polar surface area (TPSA) is 152 Å². The standard InChI is InChI=1S/C15H23B2N5O6/c1-5(2)11(24)20-14-19-10-6(12(25)21-14)18-4-22(10)13-8(27-3)7(23)9(28-13)15(16,17)26/h4-5,7-9,13,23,26H,16-17H2,1-3H3,(H2,19,20,21,24,25). The van der Waals surface area contributed by atoms with E-state index in [2.05, 4.69) is 20.3 Å². The van der Waals surface area contributed by atoms with Crippen LogP contribution < -0.4 is 10.9 Å². The van der Waals surface area contributed by atoms with Crippen molar-refractivity contribution in [2.75, 3.05) is 12.4 Å². The third kappa shape index (κ3) is 3.57. The Kier molecular flexibility index (Phi) is 5.36. The molecule has 0 spiro atoms. The summed E-state index contributed by atoms with van der Waals surface area (Å²) in [6, 6.07) is 0. The number of imidazole rings is 1. The highest BCUT2D eigenvalue weighted by Crippen LogP contribution is 2.35. The molecule has 150 valence electrons. The van der Waals surface area contributed by atoms with Crippen LogP contribution in [0.2, 0.25) is 0 Å². The number of H-pyrrole nitrogens is 1. The number of hydrogen-bond donors (Lipinski definition) is 4. The second-order valence-electron chi connectivity index (χ2n) is 7.67. The molecule has 1 aliphatic rings. The number of aromatic nitrogens is 4. The monoisotopic (exact) mass is 391 g/mol. The van der Waals surface area contributed by atoms with Gasteiger partial charge in [0.2, 0.25) is 11.9 Å². The van der Waals surface area contributed by atoms with E-state index in [0.717, 1.165) is 0 Å². The first-order chi connectivity index (χ1) is 13.0. The molecule has 1 amide bonds. The average Bonchev–Trinajstić information content (AvgIpc) is 3.15. The van der Waals surface area contributed by atoms with Crippen molar-refractivity contribution in [3.8, 4) is 0 Å². The summed E-state index contributed by atoms with van der Waals surface area (Å²) in [6.45, 7) is 3.42. The van der Waals surface area contributed by atoms with Crippen molar-refractivity contribution in [2.45, 2.75) is 43.8 Å². The largest absolute Gasteiger partial charge is 0.405 e. The molecule has 2 aromatic rings. The van der Waals surface area contributed by atoms with E-state index in [1.165, 1.54) is 33.7 Å². The van der Waals surface area contributed by atoms with E-state index in [0.29, 0.717) is 0 Å². The SMILES string of the molecule is BC(B)(O)C1OC(n2cnc3c(=O)[nH]c(NC(=O)C(C)C)nc32)C(OC)C1O. The van der Waals surface area contributed by atoms with Crippen molar-refractivity contribution in [3.63, 3.8) is 0 Å². The van der Waals surface area contributed by atoms with Crippen LogP contribution in [0.15, 0.2) is 11.1 Å². The van der Waals surface area contributed by atoms with Crippen LogP contribution in [0.25, 0.3) is 11.2 Å². The molecule has 0 aliphatic carbocycles. The Morgan fingerprint density at radius 3 is 2.75 bits per heavy atom. The normalized spacial score (nSPS) is 25.5. The number of methoxy groups -OCH3 is 1. The van der Waals surface area contributed by atoms with E-state index < -0.39 is 35.5 Å². The number of aromatic amines is 1. The molecule has 11 nitrogen and oxygen atoms in total. The van der Waals surface area contributed by atoms with Gasteiger partial charge in [-0.15, -0.1) is 0 Å². The maximum atomic E-state index is 12.3. The lowest BCUT2D eigenvalue weighted by molar-refractivity contribution is -0.118. The van der Waals surface area contributed by atoms with Gasteiger partial charge in [0, 0.05) is 18.4 Å². The molecule has 0 radical (unpaired) electrons. The van der Waals surface area contributed by atoms with Crippen molar-refractivity contribution >= 4 is 38.7 Å². The number of carbonyl (C=O) groups excluding carboxylic acids is 1. The summed E-state index contributed by atoms with van der Waals surface area (Å²) in [5.41, 5.74) is -0.338. The Hall–Kier alpha value is -2.21. The highest BCUT2D eigenvalue weighted by Gasteiger charge is 2.50. The van der Waals surface area contributed by atoms with E-state index in [4.69, 9.17) is 9.47 Å². The second kappa shape index (κ2) is 7.32. The first kappa shape index (κ1) is 20.5. The molecule has 2 aromatic heterocycles. The summed E-state index contributed by atoms with van der Waals surface area (Å²) < 4.78 is 12.7. The molecule has 0 bridgehead atoms. The fraction of sp³-hybridized carbons (Fsp3) is 0.600. The third-order valence-electron chi connectivity index (χ3n) is 4.65. The van der Waals surface area contributed by atoms with Crippen LogP contribution in [0.4, 0.5) is 5.95 Å². The molecule has 1 fully saturated rings. The number of rotatable bonds is 5. The van der Waals surface area contributed by atoms with Crippen LogP contribution >= 0.6 is 0 Å². The third-order valence-corrected chi connectivity index (χ3v) is 4.65. The van der Waals surface area contributed by atoms with Crippen molar-refractivity contribution < 1.29 is 24.5 Å². The van der Waals surface area contributed by atoms with E-state index in [-0.39, 0.29) is 28.9 Å². The van der Waals surface area contributed by atoms with Crippen molar-refractivity contribution in [1.29, 1.82) is 0 Å². The fourth-order valence-electron chi connectivity index (χ4n) is 3.15. The molecular weight excluding hydrogens is 368 g/mol. The lowest BCUT2D eigenvalue weighted by atomic mass is 9.61. The number of carbonyl (C=O) groups is 1. The highest BCUT2D eigenvalue weighted by atomic mass is 16.6. The number of nitrogens with zero attached hydrogens (tertiary/aromatic N) is 3. The minimum atomic E-state index is -1.33. The predicted molar refractivity (Wildman–Crippen MR) is 104 cm³/mol. The number of aliphatic hydroxyl groups is 2. The number of anilines is 1. The first-order valence-corrected chi connectivity index (χ1v) is 8.91. The molecule has 0 saturated carbocycles. The first-order valence-electron chi connectivity index (χ1n) is 8.91. The van der Waals surface area contributed by atoms with Crippen LogP contribution in [0.1, 0.15) is 20.1 Å². The van der Waals surface area contributed by atoms with Crippen LogP contribution in [0, 0.1) is 5.92 Å². The van der Waals surface area contributed by atoms with Gasteiger partial charge in [0.1, 0.15) is 34.0 Å². The Morgan fingerprint density at radius 2 is 2.18 bits per heavy atom. The molecule has 4 unspecified atom stereocenters. The number of fused-ring (bicyclic) bond motifs is 1. The molecule has 0 aromatic carbocycles. The van der Waals surface area contributed by atoms with Gasteiger partial charge in [-0.25, -0.2) is 4.98 Å². The minimum Gasteiger partial charge on any atom is -0.405 e. The van der Waals surface area contributed by atoms with E-state index in [9.17, 15) is 19.8 Å². The van der Waals surface area contributed by atoms with Gasteiger partial charge in [-0.3, -0.25) is 24.5 Å². The molecule has 1 saturated heterocycles. The summed E-state index contributed by atoms with van der Waals surface area (Å²) in [4.78, 5) is 35.1. The maximum Gasteiger partial charge on any atom is 0.280 e. The van der Waals surface area contributed by atoms with Gasteiger partial charge in [0.05, 0.1) is 6.33 Å². The highest BCUT2D eigenvalue weighted by molar-refractivity contribution is 6.39. The van der Waals surface area contributed by atoms with Crippen LogP contribution in [0.3, 0.4) is 0 Å².